The molecule has 0 heterocycles. The number of rotatable bonds is 2. The Balaban J connectivity index is 2.24. The molecule has 0 fully saturated rings. The van der Waals surface area contributed by atoms with Gasteiger partial charge in [-0.3, -0.25) is 0 Å². The number of aryl methyl sites for hydroxylation is 1. The molecule has 3 rings (SSSR count). The van der Waals surface area contributed by atoms with Crippen LogP contribution in [0.3, 0.4) is 0 Å². The molecule has 1 nitrogen and oxygen atoms in total. The highest BCUT2D eigenvalue weighted by atomic mass is 19.1. The van der Waals surface area contributed by atoms with Crippen molar-refractivity contribution >= 4 is 10.8 Å². The summed E-state index contributed by atoms with van der Waals surface area (Å²) in [5, 5.41) is 12.6. The van der Waals surface area contributed by atoms with Gasteiger partial charge >= 0.3 is 0 Å². The summed E-state index contributed by atoms with van der Waals surface area (Å²) in [5.74, 6) is -0.382. The van der Waals surface area contributed by atoms with Crippen molar-refractivity contribution in [1.82, 2.24) is 0 Å². The molecule has 0 aliphatic carbocycles. The molecule has 0 spiro atoms. The van der Waals surface area contributed by atoms with Crippen molar-refractivity contribution < 1.29 is 9.50 Å². The quantitative estimate of drug-likeness (QED) is 0.730. The number of hydrogen-bond acceptors (Lipinski definition) is 1. The SMILES string of the molecule is Cc1ccc2ccccc2c1C(O)c1ccccc1F. The highest BCUT2D eigenvalue weighted by Crippen LogP contribution is 2.32. The van der Waals surface area contributed by atoms with Gasteiger partial charge in [-0.2, -0.15) is 0 Å². The lowest BCUT2D eigenvalue weighted by Crippen LogP contribution is -2.05. The van der Waals surface area contributed by atoms with Crippen molar-refractivity contribution in [3.8, 4) is 0 Å². The van der Waals surface area contributed by atoms with Crippen molar-refractivity contribution in [1.29, 1.82) is 0 Å². The van der Waals surface area contributed by atoms with Crippen LogP contribution >= 0.6 is 0 Å². The van der Waals surface area contributed by atoms with E-state index in [0.717, 1.165) is 21.9 Å². The number of aliphatic hydroxyl groups is 1. The Morgan fingerprint density at radius 2 is 1.60 bits per heavy atom. The van der Waals surface area contributed by atoms with E-state index < -0.39 is 6.10 Å². The van der Waals surface area contributed by atoms with Gasteiger partial charge in [-0.1, -0.05) is 54.6 Å². The first-order valence-electron chi connectivity index (χ1n) is 6.59. The van der Waals surface area contributed by atoms with E-state index in [4.69, 9.17) is 0 Å². The van der Waals surface area contributed by atoms with E-state index in [1.165, 1.54) is 6.07 Å². The van der Waals surface area contributed by atoms with Gasteiger partial charge < -0.3 is 5.11 Å². The zero-order valence-electron chi connectivity index (χ0n) is 11.2. The zero-order valence-corrected chi connectivity index (χ0v) is 11.2. The van der Waals surface area contributed by atoms with Crippen molar-refractivity contribution in [2.75, 3.05) is 0 Å². The van der Waals surface area contributed by atoms with Crippen molar-refractivity contribution in [2.45, 2.75) is 13.0 Å². The molecule has 0 amide bonds. The lowest BCUT2D eigenvalue weighted by atomic mass is 9.92. The third-order valence-electron chi connectivity index (χ3n) is 3.66. The summed E-state index contributed by atoms with van der Waals surface area (Å²) >= 11 is 0. The molecule has 3 aromatic carbocycles. The van der Waals surface area contributed by atoms with Gasteiger partial charge in [0.15, 0.2) is 0 Å². The molecular weight excluding hydrogens is 251 g/mol. The fraction of sp³-hybridized carbons (Fsp3) is 0.111. The van der Waals surface area contributed by atoms with Gasteiger partial charge in [-0.25, -0.2) is 4.39 Å². The fourth-order valence-corrected chi connectivity index (χ4v) is 2.62. The summed E-state index contributed by atoms with van der Waals surface area (Å²) in [6.45, 7) is 1.94. The minimum absolute atomic E-state index is 0.312. The molecule has 3 aromatic rings. The predicted molar refractivity (Wildman–Crippen MR) is 79.1 cm³/mol. The minimum atomic E-state index is -0.956. The Hall–Kier alpha value is -2.19. The topological polar surface area (TPSA) is 20.2 Å². The Morgan fingerprint density at radius 3 is 2.40 bits per heavy atom. The summed E-state index contributed by atoms with van der Waals surface area (Å²) in [6.07, 6.45) is -0.956. The molecule has 2 heteroatoms. The summed E-state index contributed by atoms with van der Waals surface area (Å²) in [5.41, 5.74) is 2.04. The van der Waals surface area contributed by atoms with Crippen LogP contribution in [0.5, 0.6) is 0 Å². The number of aliphatic hydroxyl groups excluding tert-OH is 1. The predicted octanol–water partition coefficient (Wildman–Crippen LogP) is 4.37. The standard InChI is InChI=1S/C18H15FO/c1-12-10-11-13-6-2-3-7-14(13)17(12)18(20)15-8-4-5-9-16(15)19/h2-11,18,20H,1H3. The number of halogens is 1. The summed E-state index contributed by atoms with van der Waals surface area (Å²) in [7, 11) is 0. The third-order valence-corrected chi connectivity index (χ3v) is 3.66. The van der Waals surface area contributed by atoms with Gasteiger partial charge in [-0.05, 0) is 34.9 Å². The summed E-state index contributed by atoms with van der Waals surface area (Å²) in [4.78, 5) is 0. The van der Waals surface area contributed by atoms with Gasteiger partial charge in [-0.15, -0.1) is 0 Å². The normalized spacial score (nSPS) is 12.6. The van der Waals surface area contributed by atoms with Gasteiger partial charge in [0.25, 0.3) is 0 Å². The largest absolute Gasteiger partial charge is 0.384 e. The van der Waals surface area contributed by atoms with E-state index >= 15 is 0 Å². The number of benzene rings is 3. The van der Waals surface area contributed by atoms with Gasteiger partial charge in [0, 0.05) is 5.56 Å². The average Bonchev–Trinajstić information content (AvgIpc) is 2.47. The molecule has 0 saturated heterocycles. The number of fused-ring (bicyclic) bond motifs is 1. The molecule has 100 valence electrons. The molecule has 0 aromatic heterocycles. The lowest BCUT2D eigenvalue weighted by Gasteiger charge is -2.17. The van der Waals surface area contributed by atoms with E-state index in [0.29, 0.717) is 5.56 Å². The first-order valence-corrected chi connectivity index (χ1v) is 6.59. The maximum absolute atomic E-state index is 13.9. The second-order valence-electron chi connectivity index (χ2n) is 4.94. The number of hydrogen-bond donors (Lipinski definition) is 1. The molecule has 0 aliphatic rings. The second kappa shape index (κ2) is 5.06. The van der Waals surface area contributed by atoms with Gasteiger partial charge in [0.1, 0.15) is 11.9 Å². The van der Waals surface area contributed by atoms with Crippen molar-refractivity contribution in [2.24, 2.45) is 0 Å². The second-order valence-corrected chi connectivity index (χ2v) is 4.94. The van der Waals surface area contributed by atoms with E-state index in [-0.39, 0.29) is 5.82 Å². The van der Waals surface area contributed by atoms with Crippen LogP contribution in [0.4, 0.5) is 4.39 Å². The fourth-order valence-electron chi connectivity index (χ4n) is 2.62. The smallest absolute Gasteiger partial charge is 0.129 e. The van der Waals surface area contributed by atoms with Crippen molar-refractivity contribution in [3.63, 3.8) is 0 Å². The molecule has 1 N–H and O–H groups in total. The summed E-state index contributed by atoms with van der Waals surface area (Å²) in [6, 6.07) is 18.2. The molecule has 0 radical (unpaired) electrons. The van der Waals surface area contributed by atoms with Crippen LogP contribution in [0.2, 0.25) is 0 Å². The summed E-state index contributed by atoms with van der Waals surface area (Å²) < 4.78 is 13.9. The van der Waals surface area contributed by atoms with Crippen LogP contribution in [0.15, 0.2) is 60.7 Å². The molecule has 20 heavy (non-hydrogen) atoms. The molecular formula is C18H15FO. The first kappa shape index (κ1) is 12.8. The molecule has 1 atom stereocenters. The van der Waals surface area contributed by atoms with Gasteiger partial charge in [0.05, 0.1) is 0 Å². The van der Waals surface area contributed by atoms with Gasteiger partial charge in [0.2, 0.25) is 0 Å². The lowest BCUT2D eigenvalue weighted by molar-refractivity contribution is 0.216. The van der Waals surface area contributed by atoms with Crippen LogP contribution in [0, 0.1) is 12.7 Å². The molecule has 1 unspecified atom stereocenters. The van der Waals surface area contributed by atoms with E-state index in [9.17, 15) is 9.50 Å². The van der Waals surface area contributed by atoms with E-state index in [1.807, 2.05) is 43.3 Å². The Kier molecular flexibility index (Phi) is 3.25. The minimum Gasteiger partial charge on any atom is -0.384 e. The monoisotopic (exact) mass is 266 g/mol. The van der Waals surface area contributed by atoms with Crippen LogP contribution in [0.25, 0.3) is 10.8 Å². The first-order chi connectivity index (χ1) is 9.68. The third kappa shape index (κ3) is 2.08. The van der Waals surface area contributed by atoms with Crippen molar-refractivity contribution in [3.05, 3.63) is 83.2 Å². The maximum Gasteiger partial charge on any atom is 0.129 e. The Labute approximate surface area is 117 Å². The molecule has 0 saturated carbocycles. The molecule has 0 bridgehead atoms. The van der Waals surface area contributed by atoms with Crippen LogP contribution < -0.4 is 0 Å². The maximum atomic E-state index is 13.9. The highest BCUT2D eigenvalue weighted by Gasteiger charge is 2.18. The van der Waals surface area contributed by atoms with Crippen LogP contribution in [-0.4, -0.2) is 5.11 Å². The highest BCUT2D eigenvalue weighted by molar-refractivity contribution is 5.87. The van der Waals surface area contributed by atoms with E-state index in [2.05, 4.69) is 0 Å². The van der Waals surface area contributed by atoms with Crippen LogP contribution in [0.1, 0.15) is 22.8 Å². The van der Waals surface area contributed by atoms with Crippen LogP contribution in [-0.2, 0) is 0 Å². The zero-order chi connectivity index (χ0) is 14.1. The average molecular weight is 266 g/mol. The Morgan fingerprint density at radius 1 is 0.900 bits per heavy atom. The van der Waals surface area contributed by atoms with E-state index in [1.54, 1.807) is 18.2 Å². The molecule has 0 aliphatic heterocycles. The Bertz CT molecular complexity index is 764.